The molecule has 1 aromatic heterocycles. The molecule has 3 saturated heterocycles. The lowest BCUT2D eigenvalue weighted by Gasteiger charge is -2.40. The predicted octanol–water partition coefficient (Wildman–Crippen LogP) is 4.35. The van der Waals surface area contributed by atoms with Gasteiger partial charge in [-0.25, -0.2) is 4.79 Å². The second kappa shape index (κ2) is 12.3. The molecule has 46 heavy (non-hydrogen) atoms. The fourth-order valence-electron chi connectivity index (χ4n) is 8.45. The Morgan fingerprint density at radius 2 is 1.80 bits per heavy atom. The molecule has 1 N–H and O–H groups in total. The van der Waals surface area contributed by atoms with E-state index in [9.17, 15) is 15.2 Å². The topological polar surface area (TPSA) is 118 Å². The highest BCUT2D eigenvalue weighted by Gasteiger charge is 2.38. The van der Waals surface area contributed by atoms with Crippen LogP contribution in [-0.4, -0.2) is 100.0 Å². The number of piperazine rings is 1. The van der Waals surface area contributed by atoms with Crippen LogP contribution in [0.25, 0.3) is 10.8 Å². The summed E-state index contributed by atoms with van der Waals surface area (Å²) in [5.41, 5.74) is 4.83. The second-order valence-corrected chi connectivity index (χ2v) is 13.4. The lowest BCUT2D eigenvalue weighted by Crippen LogP contribution is -2.55. The van der Waals surface area contributed by atoms with Crippen molar-refractivity contribution in [2.45, 2.75) is 75.8 Å². The number of nitrogens with zero attached hydrogens (tertiary/aromatic N) is 7. The van der Waals surface area contributed by atoms with E-state index in [0.717, 1.165) is 75.5 Å². The summed E-state index contributed by atoms with van der Waals surface area (Å²) in [7, 11) is 0. The van der Waals surface area contributed by atoms with Crippen LogP contribution < -0.4 is 9.64 Å². The minimum Gasteiger partial charge on any atom is -0.465 e. The van der Waals surface area contributed by atoms with Crippen molar-refractivity contribution in [1.29, 1.82) is 5.26 Å². The molecule has 0 radical (unpaired) electrons. The molecule has 2 atom stereocenters. The molecular weight excluding hydrogens is 582 g/mol. The van der Waals surface area contributed by atoms with Crippen LogP contribution in [0.4, 0.5) is 10.6 Å². The molecule has 240 valence electrons. The summed E-state index contributed by atoms with van der Waals surface area (Å²) < 4.78 is 12.1. The first kappa shape index (κ1) is 29.4. The summed E-state index contributed by atoms with van der Waals surface area (Å²) in [5.74, 6) is 0.823. The molecular formula is C35H41N7O4. The molecule has 3 aromatic rings. The highest BCUT2D eigenvalue weighted by molar-refractivity contribution is 5.91. The Bertz CT molecular complexity index is 1660. The van der Waals surface area contributed by atoms with Gasteiger partial charge in [-0.1, -0.05) is 36.4 Å². The van der Waals surface area contributed by atoms with E-state index in [4.69, 9.17) is 19.4 Å². The van der Waals surface area contributed by atoms with E-state index < -0.39 is 12.1 Å². The van der Waals surface area contributed by atoms with Gasteiger partial charge < -0.3 is 24.4 Å². The van der Waals surface area contributed by atoms with E-state index in [2.05, 4.69) is 57.2 Å². The SMILES string of the molecule is N#CC[C@H]1CN(c2nc(OC3CCN(C4CCOCC4)CC3)nc3c2CN(C2Cc4cccc5cccc2c45)C3)CCN1C(=O)O. The van der Waals surface area contributed by atoms with Crippen LogP contribution in [0.15, 0.2) is 36.4 Å². The third-order valence-electron chi connectivity index (χ3n) is 10.8. The Morgan fingerprint density at radius 3 is 2.59 bits per heavy atom. The number of carboxylic acid groups (broad SMARTS) is 1. The first-order valence-corrected chi connectivity index (χ1v) is 16.8. The van der Waals surface area contributed by atoms with E-state index in [1.165, 1.54) is 26.8 Å². The number of hydrogen-bond donors (Lipinski definition) is 1. The smallest absolute Gasteiger partial charge is 0.407 e. The number of piperidine rings is 1. The van der Waals surface area contributed by atoms with Gasteiger partial charge in [0.2, 0.25) is 0 Å². The number of aromatic nitrogens is 2. The highest BCUT2D eigenvalue weighted by atomic mass is 16.5. The Balaban J connectivity index is 1.06. The molecule has 5 heterocycles. The number of likely N-dealkylation sites (tertiary alicyclic amines) is 1. The normalized spacial score (nSPS) is 24.3. The van der Waals surface area contributed by atoms with Crippen LogP contribution in [0.3, 0.4) is 0 Å². The summed E-state index contributed by atoms with van der Waals surface area (Å²) in [5, 5.41) is 22.0. The van der Waals surface area contributed by atoms with E-state index in [1.807, 2.05) is 0 Å². The summed E-state index contributed by atoms with van der Waals surface area (Å²) in [4.78, 5) is 30.7. The van der Waals surface area contributed by atoms with E-state index in [0.29, 0.717) is 44.8 Å². The fourth-order valence-corrected chi connectivity index (χ4v) is 8.45. The van der Waals surface area contributed by atoms with Crippen LogP contribution in [0.5, 0.6) is 6.01 Å². The largest absolute Gasteiger partial charge is 0.465 e. The number of fused-ring (bicyclic) bond motifs is 1. The predicted molar refractivity (Wildman–Crippen MR) is 172 cm³/mol. The van der Waals surface area contributed by atoms with Gasteiger partial charge in [0.15, 0.2) is 0 Å². The molecule has 1 aliphatic carbocycles. The molecule has 11 nitrogen and oxygen atoms in total. The molecule has 2 aromatic carbocycles. The lowest BCUT2D eigenvalue weighted by molar-refractivity contribution is 0.00869. The molecule has 5 aliphatic rings. The lowest BCUT2D eigenvalue weighted by atomic mass is 10.0. The fraction of sp³-hybridized carbons (Fsp3) is 0.543. The average molecular weight is 624 g/mol. The van der Waals surface area contributed by atoms with E-state index >= 15 is 0 Å². The van der Waals surface area contributed by atoms with Crippen molar-refractivity contribution in [3.8, 4) is 12.1 Å². The third kappa shape index (κ3) is 5.42. The average Bonchev–Trinajstić information content (AvgIpc) is 3.68. The van der Waals surface area contributed by atoms with Crippen LogP contribution in [-0.2, 0) is 24.2 Å². The molecule has 1 unspecified atom stereocenters. The first-order valence-electron chi connectivity index (χ1n) is 16.8. The van der Waals surface area contributed by atoms with E-state index in [-0.39, 0.29) is 18.6 Å². The number of hydrogen-bond acceptors (Lipinski definition) is 9. The van der Waals surface area contributed by atoms with Crippen LogP contribution in [0.1, 0.15) is 60.5 Å². The molecule has 0 spiro atoms. The van der Waals surface area contributed by atoms with Gasteiger partial charge in [0.05, 0.1) is 24.2 Å². The Hall–Kier alpha value is -3.98. The molecule has 8 rings (SSSR count). The van der Waals surface area contributed by atoms with Gasteiger partial charge in [0, 0.05) is 76.7 Å². The molecule has 3 fully saturated rings. The maximum atomic E-state index is 12.0. The zero-order valence-electron chi connectivity index (χ0n) is 26.2. The van der Waals surface area contributed by atoms with Crippen molar-refractivity contribution < 1.29 is 19.4 Å². The number of rotatable bonds is 6. The zero-order valence-corrected chi connectivity index (χ0v) is 26.2. The number of nitriles is 1. The number of anilines is 1. The Morgan fingerprint density at radius 1 is 1.00 bits per heavy atom. The summed E-state index contributed by atoms with van der Waals surface area (Å²) in [6.45, 7) is 6.37. The molecule has 0 bridgehead atoms. The minimum absolute atomic E-state index is 0.0524. The van der Waals surface area contributed by atoms with Crippen molar-refractivity contribution in [3.63, 3.8) is 0 Å². The monoisotopic (exact) mass is 623 g/mol. The van der Waals surface area contributed by atoms with Crippen LogP contribution in [0, 0.1) is 11.3 Å². The van der Waals surface area contributed by atoms with Gasteiger partial charge in [0.1, 0.15) is 11.9 Å². The first-order chi connectivity index (χ1) is 22.6. The third-order valence-corrected chi connectivity index (χ3v) is 10.8. The van der Waals surface area contributed by atoms with Gasteiger partial charge >= 0.3 is 12.1 Å². The maximum Gasteiger partial charge on any atom is 0.407 e. The number of carbonyl (C=O) groups is 1. The zero-order chi connectivity index (χ0) is 31.2. The minimum atomic E-state index is -0.981. The number of benzene rings is 2. The summed E-state index contributed by atoms with van der Waals surface area (Å²) >= 11 is 0. The molecule has 11 heteroatoms. The Labute approximate surface area is 269 Å². The standard InChI is InChI=1S/C35H41N7O4/c36-12-7-26-20-40(15-16-42(26)35(43)44)33-29-21-41(31-19-24-5-1-3-23-4-2-6-28(31)32(23)24)22-30(29)37-34(38-33)46-27-8-13-39(14-9-27)25-10-17-45-18-11-25/h1-6,25-27,31H,7-11,13-22H2,(H,43,44)/t26-,31?/m0/s1. The van der Waals surface area contributed by atoms with Gasteiger partial charge in [0.25, 0.3) is 0 Å². The maximum absolute atomic E-state index is 12.0. The molecule has 1 amide bonds. The number of amides is 1. The Kier molecular flexibility index (Phi) is 7.88. The van der Waals surface area contributed by atoms with Crippen molar-refractivity contribution in [2.75, 3.05) is 50.8 Å². The quantitative estimate of drug-likeness (QED) is 0.425. The van der Waals surface area contributed by atoms with Crippen LogP contribution in [0.2, 0.25) is 0 Å². The van der Waals surface area contributed by atoms with E-state index in [1.54, 1.807) is 0 Å². The van der Waals surface area contributed by atoms with Crippen LogP contribution >= 0.6 is 0 Å². The molecule has 0 saturated carbocycles. The van der Waals surface area contributed by atoms with Gasteiger partial charge in [-0.2, -0.15) is 15.2 Å². The van der Waals surface area contributed by atoms with Gasteiger partial charge in [-0.15, -0.1) is 0 Å². The highest BCUT2D eigenvalue weighted by Crippen LogP contribution is 2.44. The summed E-state index contributed by atoms with van der Waals surface area (Å²) in [6, 6.07) is 16.2. The van der Waals surface area contributed by atoms with Crippen molar-refractivity contribution >= 4 is 22.7 Å². The van der Waals surface area contributed by atoms with Gasteiger partial charge in [-0.3, -0.25) is 9.80 Å². The van der Waals surface area contributed by atoms with Crippen molar-refractivity contribution in [1.82, 2.24) is 24.7 Å². The van der Waals surface area contributed by atoms with Crippen molar-refractivity contribution in [3.05, 3.63) is 58.8 Å². The second-order valence-electron chi connectivity index (χ2n) is 13.4. The summed E-state index contributed by atoms with van der Waals surface area (Å²) in [6.07, 6.45) is 4.24. The van der Waals surface area contributed by atoms with Crippen molar-refractivity contribution in [2.24, 2.45) is 0 Å². The van der Waals surface area contributed by atoms with Gasteiger partial charge in [-0.05, 0) is 54.0 Å². The molecule has 4 aliphatic heterocycles. The number of ether oxygens (including phenoxy) is 2.